The number of para-hydroxylation sites is 1. The second kappa shape index (κ2) is 10.4. The molecule has 2 aromatic carbocycles. The van der Waals surface area contributed by atoms with Gasteiger partial charge in [-0.3, -0.25) is 4.79 Å². The lowest BCUT2D eigenvalue weighted by Crippen LogP contribution is -2.21. The van der Waals surface area contributed by atoms with Gasteiger partial charge in [0.1, 0.15) is 16.8 Å². The first-order chi connectivity index (χ1) is 19.0. The second-order valence-corrected chi connectivity index (χ2v) is 10.8. The van der Waals surface area contributed by atoms with Crippen molar-refractivity contribution in [2.24, 2.45) is 0 Å². The standard InChI is InChI=1S/C31H25N3O4S/c32-16-24-21-5-2-4-8-26(21)39-30(24)34-27(36)17-38-31(37)28-22-6-1-3-7-25(22)33-29-19(11-14-23(28)29)15-18-9-12-20(35)13-10-18/h1,3,6-7,9-10,12-13,15,35H,2,4-5,8,11,14,17H2,(H,34,36)/b19-15+. The van der Waals surface area contributed by atoms with Crippen molar-refractivity contribution in [3.8, 4) is 11.8 Å². The Morgan fingerprint density at radius 3 is 2.67 bits per heavy atom. The second-order valence-electron chi connectivity index (χ2n) is 9.74. The Labute approximate surface area is 229 Å². The lowest BCUT2D eigenvalue weighted by molar-refractivity contribution is -0.119. The number of aryl methyl sites for hydroxylation is 1. The summed E-state index contributed by atoms with van der Waals surface area (Å²) < 4.78 is 5.53. The maximum atomic E-state index is 13.4. The largest absolute Gasteiger partial charge is 0.508 e. The molecule has 7 nitrogen and oxygen atoms in total. The van der Waals surface area contributed by atoms with E-state index in [1.54, 1.807) is 12.1 Å². The normalized spacial score (nSPS) is 15.0. The summed E-state index contributed by atoms with van der Waals surface area (Å²) in [5.74, 6) is -0.845. The van der Waals surface area contributed by atoms with Gasteiger partial charge in [-0.15, -0.1) is 11.3 Å². The van der Waals surface area contributed by atoms with Gasteiger partial charge in [0.2, 0.25) is 0 Å². The molecule has 0 spiro atoms. The smallest absolute Gasteiger partial charge is 0.339 e. The fourth-order valence-electron chi connectivity index (χ4n) is 5.42. The molecule has 2 heterocycles. The first-order valence-corrected chi connectivity index (χ1v) is 13.8. The van der Waals surface area contributed by atoms with Crippen LogP contribution >= 0.6 is 11.3 Å². The van der Waals surface area contributed by atoms with Crippen molar-refractivity contribution in [2.45, 2.75) is 38.5 Å². The number of allylic oxidation sites excluding steroid dienone is 1. The number of carbonyl (C=O) groups excluding carboxylic acids is 2. The van der Waals surface area contributed by atoms with Crippen molar-refractivity contribution >= 4 is 50.8 Å². The number of nitrogens with one attached hydrogen (secondary N) is 1. The van der Waals surface area contributed by atoms with Crippen LogP contribution in [0.4, 0.5) is 5.00 Å². The number of hydrogen-bond donors (Lipinski definition) is 2. The summed E-state index contributed by atoms with van der Waals surface area (Å²) in [6, 6.07) is 16.6. The molecule has 39 heavy (non-hydrogen) atoms. The first kappa shape index (κ1) is 24.8. The van der Waals surface area contributed by atoms with Crippen LogP contribution in [0.5, 0.6) is 5.75 Å². The number of phenols is 1. The molecule has 2 aliphatic carbocycles. The summed E-state index contributed by atoms with van der Waals surface area (Å²) >= 11 is 1.44. The molecular weight excluding hydrogens is 510 g/mol. The van der Waals surface area contributed by atoms with E-state index in [0.29, 0.717) is 39.9 Å². The number of aromatic hydroxyl groups is 1. The van der Waals surface area contributed by atoms with Crippen LogP contribution < -0.4 is 5.32 Å². The third-order valence-electron chi connectivity index (χ3n) is 7.25. The zero-order valence-corrected chi connectivity index (χ0v) is 21.9. The predicted molar refractivity (Wildman–Crippen MR) is 151 cm³/mol. The number of anilines is 1. The number of hydrogen-bond acceptors (Lipinski definition) is 7. The van der Waals surface area contributed by atoms with Crippen LogP contribution in [0.3, 0.4) is 0 Å². The van der Waals surface area contributed by atoms with Crippen molar-refractivity contribution in [2.75, 3.05) is 11.9 Å². The Hall–Kier alpha value is -4.48. The van der Waals surface area contributed by atoms with Gasteiger partial charge < -0.3 is 15.2 Å². The van der Waals surface area contributed by atoms with Gasteiger partial charge in [-0.25, -0.2) is 9.78 Å². The number of nitrogens with zero attached hydrogens (tertiary/aromatic N) is 2. The number of rotatable bonds is 5. The fraction of sp³-hybridized carbons (Fsp3) is 0.226. The summed E-state index contributed by atoms with van der Waals surface area (Å²) in [5, 5.41) is 23.3. The monoisotopic (exact) mass is 535 g/mol. The molecule has 2 aliphatic rings. The van der Waals surface area contributed by atoms with Crippen LogP contribution in [-0.4, -0.2) is 28.6 Å². The van der Waals surface area contributed by atoms with Crippen LogP contribution in [0.2, 0.25) is 0 Å². The number of ether oxygens (including phenoxy) is 1. The van der Waals surface area contributed by atoms with Crippen LogP contribution in [-0.2, 0) is 28.8 Å². The minimum absolute atomic E-state index is 0.199. The molecule has 0 bridgehead atoms. The van der Waals surface area contributed by atoms with E-state index in [1.807, 2.05) is 42.5 Å². The molecule has 4 aromatic rings. The van der Waals surface area contributed by atoms with Crippen molar-refractivity contribution in [3.05, 3.63) is 86.9 Å². The molecule has 0 saturated heterocycles. The molecule has 0 aliphatic heterocycles. The minimum atomic E-state index is -0.572. The lowest BCUT2D eigenvalue weighted by atomic mass is 9.96. The zero-order valence-electron chi connectivity index (χ0n) is 21.1. The van der Waals surface area contributed by atoms with Crippen molar-refractivity contribution in [1.29, 1.82) is 5.26 Å². The van der Waals surface area contributed by atoms with Gasteiger partial charge >= 0.3 is 5.97 Å². The summed E-state index contributed by atoms with van der Waals surface area (Å²) in [7, 11) is 0. The van der Waals surface area contributed by atoms with Crippen LogP contribution in [0.15, 0.2) is 48.5 Å². The van der Waals surface area contributed by atoms with E-state index in [0.717, 1.165) is 58.5 Å². The highest BCUT2D eigenvalue weighted by atomic mass is 32.1. The van der Waals surface area contributed by atoms with E-state index in [9.17, 15) is 20.0 Å². The van der Waals surface area contributed by atoms with E-state index >= 15 is 0 Å². The maximum absolute atomic E-state index is 13.4. The minimum Gasteiger partial charge on any atom is -0.508 e. The number of benzene rings is 2. The Morgan fingerprint density at radius 2 is 1.85 bits per heavy atom. The van der Waals surface area contributed by atoms with Gasteiger partial charge in [-0.1, -0.05) is 30.3 Å². The third kappa shape index (κ3) is 4.77. The number of phenolic OH excluding ortho intramolecular Hbond substituents is 1. The van der Waals surface area contributed by atoms with Gasteiger partial charge in [0.25, 0.3) is 5.91 Å². The third-order valence-corrected chi connectivity index (χ3v) is 8.46. The molecule has 194 valence electrons. The highest BCUT2D eigenvalue weighted by Crippen LogP contribution is 2.39. The van der Waals surface area contributed by atoms with Crippen LogP contribution in [0.1, 0.15) is 62.4 Å². The molecule has 6 rings (SSSR count). The van der Waals surface area contributed by atoms with Gasteiger partial charge in [0, 0.05) is 10.3 Å². The van der Waals surface area contributed by atoms with Gasteiger partial charge in [-0.05, 0) is 85.1 Å². The number of esters is 1. The Kier molecular flexibility index (Phi) is 6.59. The Balaban J connectivity index is 1.25. The van der Waals surface area contributed by atoms with E-state index in [4.69, 9.17) is 9.72 Å². The molecule has 2 aromatic heterocycles. The summed E-state index contributed by atoms with van der Waals surface area (Å²) in [5.41, 5.74) is 6.16. The topological polar surface area (TPSA) is 112 Å². The molecule has 0 atom stereocenters. The van der Waals surface area contributed by atoms with Crippen molar-refractivity contribution < 1.29 is 19.4 Å². The van der Waals surface area contributed by atoms with Crippen LogP contribution in [0, 0.1) is 11.3 Å². The number of fused-ring (bicyclic) bond motifs is 3. The highest BCUT2D eigenvalue weighted by molar-refractivity contribution is 7.16. The molecular formula is C31H25N3O4S. The van der Waals surface area contributed by atoms with Gasteiger partial charge in [0.15, 0.2) is 6.61 Å². The van der Waals surface area contributed by atoms with E-state index in [-0.39, 0.29) is 5.75 Å². The Morgan fingerprint density at radius 1 is 1.05 bits per heavy atom. The number of thiophene rings is 1. The number of aromatic nitrogens is 1. The number of pyridine rings is 1. The van der Waals surface area contributed by atoms with Crippen molar-refractivity contribution in [3.63, 3.8) is 0 Å². The van der Waals surface area contributed by atoms with Crippen molar-refractivity contribution in [1.82, 2.24) is 4.98 Å². The van der Waals surface area contributed by atoms with E-state index < -0.39 is 18.5 Å². The first-order valence-electron chi connectivity index (χ1n) is 12.9. The van der Waals surface area contributed by atoms with Gasteiger partial charge in [-0.2, -0.15) is 5.26 Å². The maximum Gasteiger partial charge on any atom is 0.339 e. The molecule has 2 N–H and O–H groups in total. The molecule has 0 saturated carbocycles. The molecule has 0 fully saturated rings. The summed E-state index contributed by atoms with van der Waals surface area (Å²) in [6.45, 7) is -0.450. The quantitative estimate of drug-likeness (QED) is 0.302. The predicted octanol–water partition coefficient (Wildman–Crippen LogP) is 6.03. The zero-order chi connectivity index (χ0) is 26.9. The van der Waals surface area contributed by atoms with Crippen LogP contribution in [0.25, 0.3) is 22.6 Å². The SMILES string of the molecule is N#Cc1c(NC(=O)COC(=O)c2c3c(nc4ccccc24)/C(=C/c2ccc(O)cc2)CC3)sc2c1CCCC2. The summed E-state index contributed by atoms with van der Waals surface area (Å²) in [4.78, 5) is 32.2. The van der Waals surface area contributed by atoms with Gasteiger partial charge in [0.05, 0.1) is 22.3 Å². The average molecular weight is 536 g/mol. The number of carbonyl (C=O) groups is 2. The number of nitriles is 1. The number of amides is 1. The van der Waals surface area contributed by atoms with E-state index in [2.05, 4.69) is 11.4 Å². The molecule has 8 heteroatoms. The average Bonchev–Trinajstić information content (AvgIpc) is 3.51. The summed E-state index contributed by atoms with van der Waals surface area (Å²) in [6.07, 6.45) is 7.24. The van der Waals surface area contributed by atoms with E-state index in [1.165, 1.54) is 11.3 Å². The molecule has 1 amide bonds. The Bertz CT molecular complexity index is 1700. The molecule has 0 unspecified atom stereocenters. The fourth-order valence-corrected chi connectivity index (χ4v) is 6.68. The molecule has 0 radical (unpaired) electrons. The highest BCUT2D eigenvalue weighted by Gasteiger charge is 2.28. The lowest BCUT2D eigenvalue weighted by Gasteiger charge is -2.12.